The van der Waals surface area contributed by atoms with Gasteiger partial charge in [0.05, 0.1) is 5.69 Å². The van der Waals surface area contributed by atoms with Crippen LogP contribution >= 0.6 is 11.3 Å². The van der Waals surface area contributed by atoms with Crippen LogP contribution in [-0.2, 0) is 17.6 Å². The van der Waals surface area contributed by atoms with Gasteiger partial charge in [-0.1, -0.05) is 0 Å². The lowest BCUT2D eigenvalue weighted by atomic mass is 10.0. The highest BCUT2D eigenvalue weighted by Crippen LogP contribution is 2.29. The van der Waals surface area contributed by atoms with Crippen LogP contribution in [0.15, 0.2) is 0 Å². The van der Waals surface area contributed by atoms with Crippen LogP contribution < -0.4 is 5.32 Å². The summed E-state index contributed by atoms with van der Waals surface area (Å²) < 4.78 is 0. The van der Waals surface area contributed by atoms with E-state index >= 15 is 0 Å². The Bertz CT molecular complexity index is 463. The highest BCUT2D eigenvalue weighted by molar-refractivity contribution is 7.15. The number of carbonyl (C=O) groups excluding carboxylic acids is 1. The number of carbonyl (C=O) groups is 2. The zero-order valence-electron chi connectivity index (χ0n) is 10.8. The molecular weight excluding hydrogens is 266 g/mol. The molecule has 0 unspecified atom stereocenters. The number of nitrogens with one attached hydrogen (secondary N) is 1. The number of aryl methyl sites for hydroxylation is 2. The minimum absolute atomic E-state index is 0.298. The first-order valence-corrected chi connectivity index (χ1v) is 7.18. The van der Waals surface area contributed by atoms with Gasteiger partial charge in [-0.05, 0) is 32.6 Å². The van der Waals surface area contributed by atoms with Crippen molar-refractivity contribution in [1.82, 2.24) is 9.88 Å². The average Bonchev–Trinajstić information content (AvgIpc) is 2.77. The van der Waals surface area contributed by atoms with E-state index in [2.05, 4.69) is 10.3 Å². The smallest absolute Gasteiger partial charge is 0.324 e. The van der Waals surface area contributed by atoms with Crippen molar-refractivity contribution in [2.45, 2.75) is 32.6 Å². The second-order valence-electron chi connectivity index (χ2n) is 4.43. The van der Waals surface area contributed by atoms with Gasteiger partial charge in [0.15, 0.2) is 5.13 Å². The number of hydrogen-bond acceptors (Lipinski definition) is 4. The fourth-order valence-electron chi connectivity index (χ4n) is 2.07. The maximum atomic E-state index is 11.9. The van der Waals surface area contributed by atoms with Crippen molar-refractivity contribution in [3.8, 4) is 0 Å². The Morgan fingerprint density at radius 1 is 1.42 bits per heavy atom. The monoisotopic (exact) mass is 283 g/mol. The van der Waals surface area contributed by atoms with Gasteiger partial charge >= 0.3 is 12.0 Å². The topological polar surface area (TPSA) is 82.5 Å². The van der Waals surface area contributed by atoms with Crippen LogP contribution in [0.25, 0.3) is 0 Å². The maximum Gasteiger partial charge on any atom is 0.324 e. The summed E-state index contributed by atoms with van der Waals surface area (Å²) >= 11 is 1.49. The summed E-state index contributed by atoms with van der Waals surface area (Å²) in [4.78, 5) is 29.4. The lowest BCUT2D eigenvalue weighted by molar-refractivity contribution is -0.137. The summed E-state index contributed by atoms with van der Waals surface area (Å²) in [6, 6.07) is -0.406. The van der Waals surface area contributed by atoms with Crippen molar-refractivity contribution >= 4 is 28.5 Å². The second kappa shape index (κ2) is 6.01. The molecule has 0 saturated carbocycles. The summed E-state index contributed by atoms with van der Waals surface area (Å²) in [6.07, 6.45) is 4.30. The number of thiazole rings is 1. The van der Waals surface area contributed by atoms with Crippen LogP contribution in [0.4, 0.5) is 9.93 Å². The first-order chi connectivity index (χ1) is 9.10. The van der Waals surface area contributed by atoms with Gasteiger partial charge in [-0.15, -0.1) is 11.3 Å². The number of anilines is 1. The number of urea groups is 1. The molecule has 6 nitrogen and oxygen atoms in total. The lowest BCUT2D eigenvalue weighted by Crippen LogP contribution is -2.38. The van der Waals surface area contributed by atoms with Crippen molar-refractivity contribution < 1.29 is 14.7 Å². The number of likely N-dealkylation sites (N-methyl/N-ethyl adjacent to an activating group) is 1. The normalized spacial score (nSPS) is 13.7. The fraction of sp³-hybridized carbons (Fsp3) is 0.583. The molecule has 0 aromatic carbocycles. The third-order valence-corrected chi connectivity index (χ3v) is 4.13. The zero-order valence-corrected chi connectivity index (χ0v) is 11.6. The Kier molecular flexibility index (Phi) is 4.36. The molecule has 104 valence electrons. The molecule has 2 N–H and O–H groups in total. The molecule has 19 heavy (non-hydrogen) atoms. The number of aliphatic carboxylic acids is 1. The van der Waals surface area contributed by atoms with E-state index in [0.717, 1.165) is 25.0 Å². The lowest BCUT2D eigenvalue weighted by Gasteiger charge is -2.17. The first kappa shape index (κ1) is 13.8. The molecule has 2 rings (SSSR count). The van der Waals surface area contributed by atoms with Crippen molar-refractivity contribution in [2.75, 3.05) is 18.4 Å². The molecule has 7 heteroatoms. The standard InChI is InChI=1S/C12H17N3O3S/c1-2-15(7-10(16)17)12(18)14-11-13-8-5-3-4-6-9(8)19-11/h2-7H2,1H3,(H,16,17)(H,13,14,18). The van der Waals surface area contributed by atoms with E-state index in [0.29, 0.717) is 11.7 Å². The van der Waals surface area contributed by atoms with Gasteiger partial charge in [-0.2, -0.15) is 0 Å². The number of fused-ring (bicyclic) bond motifs is 1. The average molecular weight is 283 g/mol. The molecule has 2 amide bonds. The summed E-state index contributed by atoms with van der Waals surface area (Å²) in [7, 11) is 0. The molecule has 0 bridgehead atoms. The predicted octanol–water partition coefficient (Wildman–Crippen LogP) is 1.96. The van der Waals surface area contributed by atoms with E-state index in [1.165, 1.54) is 27.5 Å². The van der Waals surface area contributed by atoms with Crippen molar-refractivity contribution in [3.63, 3.8) is 0 Å². The number of carboxylic acids is 1. The molecule has 0 saturated heterocycles. The van der Waals surface area contributed by atoms with Gasteiger partial charge < -0.3 is 10.0 Å². The quantitative estimate of drug-likeness (QED) is 0.885. The molecule has 1 aromatic heterocycles. The van der Waals surface area contributed by atoms with E-state index in [1.807, 2.05) is 0 Å². The number of carboxylic acid groups (broad SMARTS) is 1. The van der Waals surface area contributed by atoms with E-state index in [-0.39, 0.29) is 6.54 Å². The number of rotatable bonds is 4. The van der Waals surface area contributed by atoms with Gasteiger partial charge in [0.25, 0.3) is 0 Å². The summed E-state index contributed by atoms with van der Waals surface area (Å²) in [5, 5.41) is 12.0. The van der Waals surface area contributed by atoms with E-state index in [1.54, 1.807) is 6.92 Å². The summed E-state index contributed by atoms with van der Waals surface area (Å²) in [5.74, 6) is -1.02. The van der Waals surface area contributed by atoms with Crippen molar-refractivity contribution in [1.29, 1.82) is 0 Å². The Labute approximate surface area is 115 Å². The molecule has 1 aliphatic rings. The molecule has 1 aliphatic carbocycles. The Morgan fingerprint density at radius 2 is 2.16 bits per heavy atom. The summed E-state index contributed by atoms with van der Waals surface area (Å²) in [6.45, 7) is 1.80. The number of hydrogen-bond donors (Lipinski definition) is 2. The maximum absolute atomic E-state index is 11.9. The number of nitrogens with zero attached hydrogens (tertiary/aromatic N) is 2. The van der Waals surface area contributed by atoms with Gasteiger partial charge in [0.2, 0.25) is 0 Å². The zero-order chi connectivity index (χ0) is 13.8. The van der Waals surface area contributed by atoms with Crippen molar-refractivity contribution in [3.05, 3.63) is 10.6 Å². The first-order valence-electron chi connectivity index (χ1n) is 6.36. The molecule has 0 aliphatic heterocycles. The number of aromatic nitrogens is 1. The molecule has 0 radical (unpaired) electrons. The van der Waals surface area contributed by atoms with E-state index in [9.17, 15) is 9.59 Å². The highest BCUT2D eigenvalue weighted by Gasteiger charge is 2.19. The predicted molar refractivity (Wildman–Crippen MR) is 72.7 cm³/mol. The van der Waals surface area contributed by atoms with Crippen LogP contribution in [0.2, 0.25) is 0 Å². The fourth-order valence-corrected chi connectivity index (χ4v) is 3.11. The van der Waals surface area contributed by atoms with Gasteiger partial charge in [0.1, 0.15) is 6.54 Å². The molecule has 0 fully saturated rings. The van der Waals surface area contributed by atoms with Gasteiger partial charge in [-0.3, -0.25) is 10.1 Å². The van der Waals surface area contributed by atoms with Crippen LogP contribution in [0.1, 0.15) is 30.3 Å². The Balaban J connectivity index is 2.01. The highest BCUT2D eigenvalue weighted by atomic mass is 32.1. The molecule has 1 heterocycles. The minimum atomic E-state index is -1.02. The SMILES string of the molecule is CCN(CC(=O)O)C(=O)Nc1nc2c(s1)CCCC2. The summed E-state index contributed by atoms with van der Waals surface area (Å²) in [5.41, 5.74) is 1.08. The number of amides is 2. The van der Waals surface area contributed by atoms with Crippen LogP contribution in [0.5, 0.6) is 0 Å². The second-order valence-corrected chi connectivity index (χ2v) is 5.52. The van der Waals surface area contributed by atoms with Crippen LogP contribution in [0.3, 0.4) is 0 Å². The minimum Gasteiger partial charge on any atom is -0.480 e. The van der Waals surface area contributed by atoms with E-state index in [4.69, 9.17) is 5.11 Å². The molecule has 1 aromatic rings. The third kappa shape index (κ3) is 3.44. The van der Waals surface area contributed by atoms with Crippen molar-refractivity contribution in [2.24, 2.45) is 0 Å². The molecular formula is C12H17N3O3S. The van der Waals surface area contributed by atoms with Gasteiger partial charge in [-0.25, -0.2) is 9.78 Å². The molecule has 0 spiro atoms. The Hall–Kier alpha value is -1.63. The van der Waals surface area contributed by atoms with Crippen LogP contribution in [-0.4, -0.2) is 40.1 Å². The van der Waals surface area contributed by atoms with Crippen LogP contribution in [0, 0.1) is 0 Å². The van der Waals surface area contributed by atoms with Gasteiger partial charge in [0, 0.05) is 11.4 Å². The third-order valence-electron chi connectivity index (χ3n) is 3.05. The molecule has 0 atom stereocenters. The largest absolute Gasteiger partial charge is 0.480 e. The van der Waals surface area contributed by atoms with E-state index < -0.39 is 12.0 Å². The Morgan fingerprint density at radius 3 is 2.79 bits per heavy atom.